The Hall–Kier alpha value is -4.33. The zero-order valence-corrected chi connectivity index (χ0v) is 25.1. The third-order valence-electron chi connectivity index (χ3n) is 8.93. The maximum atomic E-state index is 13.6. The van der Waals surface area contributed by atoms with Gasteiger partial charge in [0.15, 0.2) is 0 Å². The number of likely N-dealkylation sites (N-methyl/N-ethyl adjacent to an activating group) is 1. The first-order valence-electron chi connectivity index (χ1n) is 15.4. The van der Waals surface area contributed by atoms with Gasteiger partial charge in [0.1, 0.15) is 17.2 Å². The second kappa shape index (κ2) is 13.1. The summed E-state index contributed by atoms with van der Waals surface area (Å²) in [6.45, 7) is 3.50. The minimum atomic E-state index is -1.06. The first-order chi connectivity index (χ1) is 21.4. The highest BCUT2D eigenvalue weighted by Gasteiger charge is 2.38. The summed E-state index contributed by atoms with van der Waals surface area (Å²) in [6.07, 6.45) is 2.04. The lowest BCUT2D eigenvalue weighted by Gasteiger charge is -2.38. The van der Waals surface area contributed by atoms with Crippen LogP contribution in [0.1, 0.15) is 52.5 Å². The van der Waals surface area contributed by atoms with Gasteiger partial charge in [0, 0.05) is 44.7 Å². The number of carbonyl (C=O) groups excluding carboxylic acids is 1. The predicted octanol–water partition coefficient (Wildman–Crippen LogP) is 6.45. The molecule has 6 rings (SSSR count). The van der Waals surface area contributed by atoms with Crippen LogP contribution in [-0.2, 0) is 12.1 Å². The van der Waals surface area contributed by atoms with Gasteiger partial charge in [-0.15, -0.1) is 0 Å². The molecule has 0 spiro atoms. The smallest absolute Gasteiger partial charge is 0.253 e. The molecule has 1 atom stereocenters. The number of aromatic nitrogens is 2. The summed E-state index contributed by atoms with van der Waals surface area (Å²) < 4.78 is 15.7. The van der Waals surface area contributed by atoms with Crippen molar-refractivity contribution in [3.8, 4) is 0 Å². The number of halogens is 1. The monoisotopic (exact) mass is 590 g/mol. The molecule has 4 aromatic carbocycles. The fraction of sp³-hybridized carbons (Fsp3) is 0.297. The van der Waals surface area contributed by atoms with E-state index in [4.69, 9.17) is 4.98 Å². The average molecular weight is 591 g/mol. The molecule has 226 valence electrons. The molecule has 1 fully saturated rings. The van der Waals surface area contributed by atoms with Crippen molar-refractivity contribution in [3.05, 3.63) is 138 Å². The number of hydrogen-bond donors (Lipinski definition) is 1. The number of nitrogens with zero attached hydrogens (tertiary/aromatic N) is 4. The van der Waals surface area contributed by atoms with E-state index >= 15 is 0 Å². The molecular formula is C37H39FN4O2. The summed E-state index contributed by atoms with van der Waals surface area (Å²) in [5, 5.41) is 12.0. The molecule has 7 heteroatoms. The zero-order valence-electron chi connectivity index (χ0n) is 25.1. The summed E-state index contributed by atoms with van der Waals surface area (Å²) in [5.41, 5.74) is 3.63. The normalized spacial score (nSPS) is 15.7. The van der Waals surface area contributed by atoms with Crippen LogP contribution in [0.25, 0.3) is 11.0 Å². The molecule has 1 aromatic heterocycles. The lowest BCUT2D eigenvalue weighted by atomic mass is 9.89. The van der Waals surface area contributed by atoms with E-state index < -0.39 is 5.60 Å². The van der Waals surface area contributed by atoms with E-state index in [0.717, 1.165) is 42.7 Å². The van der Waals surface area contributed by atoms with E-state index in [1.807, 2.05) is 72.6 Å². The molecule has 1 aliphatic heterocycles. The fourth-order valence-corrected chi connectivity index (χ4v) is 6.37. The van der Waals surface area contributed by atoms with Crippen molar-refractivity contribution < 1.29 is 14.3 Å². The van der Waals surface area contributed by atoms with Crippen molar-refractivity contribution in [1.29, 1.82) is 0 Å². The highest BCUT2D eigenvalue weighted by atomic mass is 19.1. The lowest BCUT2D eigenvalue weighted by Crippen LogP contribution is -2.44. The Balaban J connectivity index is 1.14. The van der Waals surface area contributed by atoms with Crippen LogP contribution in [0.2, 0.25) is 0 Å². The number of piperidine rings is 1. The van der Waals surface area contributed by atoms with Gasteiger partial charge in [0.25, 0.3) is 5.91 Å². The minimum absolute atomic E-state index is 0.0260. The van der Waals surface area contributed by atoms with Gasteiger partial charge in [-0.25, -0.2) is 9.37 Å². The number of imidazole rings is 1. The van der Waals surface area contributed by atoms with Crippen LogP contribution >= 0.6 is 0 Å². The van der Waals surface area contributed by atoms with Crippen LogP contribution in [0.5, 0.6) is 0 Å². The Morgan fingerprint density at radius 3 is 2.25 bits per heavy atom. The first kappa shape index (κ1) is 29.7. The molecule has 5 aromatic rings. The van der Waals surface area contributed by atoms with Crippen molar-refractivity contribution in [2.24, 2.45) is 0 Å². The van der Waals surface area contributed by atoms with Crippen LogP contribution < -0.4 is 0 Å². The van der Waals surface area contributed by atoms with Crippen molar-refractivity contribution in [2.75, 3.05) is 33.2 Å². The maximum absolute atomic E-state index is 13.6. The number of rotatable bonds is 10. The Kier molecular flexibility index (Phi) is 8.87. The van der Waals surface area contributed by atoms with Crippen LogP contribution in [0.15, 0.2) is 109 Å². The fourth-order valence-electron chi connectivity index (χ4n) is 6.37. The molecule has 44 heavy (non-hydrogen) atoms. The van der Waals surface area contributed by atoms with Gasteiger partial charge in [-0.1, -0.05) is 72.8 Å². The summed E-state index contributed by atoms with van der Waals surface area (Å²) in [5.74, 6) is 0.623. The summed E-state index contributed by atoms with van der Waals surface area (Å²) in [6, 6.07) is 34.3. The number of para-hydroxylation sites is 2. The topological polar surface area (TPSA) is 61.6 Å². The minimum Gasteiger partial charge on any atom is -0.382 e. The number of fused-ring (bicyclic) bond motifs is 1. The van der Waals surface area contributed by atoms with E-state index in [0.29, 0.717) is 37.3 Å². The van der Waals surface area contributed by atoms with E-state index in [2.05, 4.69) is 33.7 Å². The number of benzene rings is 4. The van der Waals surface area contributed by atoms with E-state index in [1.165, 1.54) is 17.7 Å². The molecule has 1 N–H and O–H groups in total. The van der Waals surface area contributed by atoms with Gasteiger partial charge in [0.05, 0.1) is 11.0 Å². The molecule has 1 aliphatic rings. The largest absolute Gasteiger partial charge is 0.382 e. The number of likely N-dealkylation sites (tertiary alicyclic amines) is 1. The quantitative estimate of drug-likeness (QED) is 0.203. The maximum Gasteiger partial charge on any atom is 0.253 e. The molecule has 2 heterocycles. The van der Waals surface area contributed by atoms with E-state index in [1.54, 1.807) is 12.1 Å². The van der Waals surface area contributed by atoms with Crippen molar-refractivity contribution >= 4 is 16.9 Å². The van der Waals surface area contributed by atoms with Gasteiger partial charge < -0.3 is 19.5 Å². The Bertz CT molecular complexity index is 1680. The Morgan fingerprint density at radius 2 is 1.55 bits per heavy atom. The number of hydrogen-bond acceptors (Lipinski definition) is 4. The second-order valence-corrected chi connectivity index (χ2v) is 12.0. The predicted molar refractivity (Wildman–Crippen MR) is 172 cm³/mol. The SMILES string of the molecule is CN(CC(CCN1CCC(O)(c2nc3ccccc3n2Cc2ccc(F)cc2)CC1)c1ccccc1)C(=O)c1ccccc1. The summed E-state index contributed by atoms with van der Waals surface area (Å²) in [4.78, 5) is 22.3. The molecular weight excluding hydrogens is 551 g/mol. The zero-order chi connectivity index (χ0) is 30.5. The number of amides is 1. The van der Waals surface area contributed by atoms with Crippen molar-refractivity contribution in [1.82, 2.24) is 19.4 Å². The Morgan fingerprint density at radius 1 is 0.909 bits per heavy atom. The van der Waals surface area contributed by atoms with E-state index in [-0.39, 0.29) is 17.6 Å². The highest BCUT2D eigenvalue weighted by Crippen LogP contribution is 2.35. The van der Waals surface area contributed by atoms with Crippen molar-refractivity contribution in [3.63, 3.8) is 0 Å². The standard InChI is InChI=1S/C37H39FN4O2/c1-40(35(43)30-12-6-3-7-13-30)27-31(29-10-4-2-5-11-29)20-23-41-24-21-37(44,22-25-41)36-39-33-14-8-9-15-34(33)42(36)26-28-16-18-32(38)19-17-28/h2-19,31,44H,20-27H2,1H3. The molecule has 1 amide bonds. The molecule has 0 radical (unpaired) electrons. The van der Waals surface area contributed by atoms with Gasteiger partial charge >= 0.3 is 0 Å². The molecule has 6 nitrogen and oxygen atoms in total. The molecule has 0 saturated carbocycles. The lowest BCUT2D eigenvalue weighted by molar-refractivity contribution is -0.0353. The molecule has 1 saturated heterocycles. The van der Waals surface area contributed by atoms with Crippen LogP contribution in [0.4, 0.5) is 4.39 Å². The highest BCUT2D eigenvalue weighted by molar-refractivity contribution is 5.94. The summed E-state index contributed by atoms with van der Waals surface area (Å²) in [7, 11) is 1.88. The average Bonchev–Trinajstić information content (AvgIpc) is 3.44. The van der Waals surface area contributed by atoms with Gasteiger partial charge in [0.2, 0.25) is 0 Å². The van der Waals surface area contributed by atoms with E-state index in [9.17, 15) is 14.3 Å². The van der Waals surface area contributed by atoms with Crippen LogP contribution in [0.3, 0.4) is 0 Å². The van der Waals surface area contributed by atoms with Crippen LogP contribution in [0, 0.1) is 5.82 Å². The van der Waals surface area contributed by atoms with Gasteiger partial charge in [-0.3, -0.25) is 4.79 Å². The van der Waals surface area contributed by atoms with Gasteiger partial charge in [-0.05, 0) is 73.3 Å². The molecule has 0 bridgehead atoms. The first-order valence-corrected chi connectivity index (χ1v) is 15.4. The third-order valence-corrected chi connectivity index (χ3v) is 8.93. The van der Waals surface area contributed by atoms with Crippen molar-refractivity contribution in [2.45, 2.75) is 37.3 Å². The molecule has 1 unspecified atom stereocenters. The number of aliphatic hydroxyl groups is 1. The summed E-state index contributed by atoms with van der Waals surface area (Å²) >= 11 is 0. The molecule has 0 aliphatic carbocycles. The van der Waals surface area contributed by atoms with Gasteiger partial charge in [-0.2, -0.15) is 0 Å². The third kappa shape index (κ3) is 6.59. The second-order valence-electron chi connectivity index (χ2n) is 12.0. The Labute approximate surface area is 258 Å². The number of carbonyl (C=O) groups is 1. The van der Waals surface area contributed by atoms with Crippen LogP contribution in [-0.4, -0.2) is 63.6 Å².